The molecule has 0 aliphatic heterocycles. The molecule has 0 N–H and O–H groups in total. The molecule has 1 rings (SSSR count). The summed E-state index contributed by atoms with van der Waals surface area (Å²) in [5, 5.41) is 0. The van der Waals surface area contributed by atoms with Crippen molar-refractivity contribution in [3.8, 4) is 0 Å². The van der Waals surface area contributed by atoms with Crippen molar-refractivity contribution in [1.29, 1.82) is 0 Å². The predicted molar refractivity (Wildman–Crippen MR) is 45.5 cm³/mol. The Hall–Kier alpha value is 1.03. The number of hydrogen-bond acceptors (Lipinski definition) is 3. The maximum atomic E-state index is 10.9. The van der Waals surface area contributed by atoms with E-state index in [1.54, 1.807) is 25.2 Å². The Balaban J connectivity index is 0.00000144. The molecule has 2 atom stereocenters. The summed E-state index contributed by atoms with van der Waals surface area (Å²) in [7, 11) is -4.26. The van der Waals surface area contributed by atoms with Crippen LogP contribution in [-0.2, 0) is 10.1 Å². The molecule has 0 heterocycles. The van der Waals surface area contributed by atoms with Crippen LogP contribution in [-0.4, -0.2) is 17.7 Å². The molecular weight excluding hydrogens is 215 g/mol. The van der Waals surface area contributed by atoms with Gasteiger partial charge in [0.15, 0.2) is 0 Å². The zero-order chi connectivity index (χ0) is 9.41. The van der Waals surface area contributed by atoms with Crippen molar-refractivity contribution in [3.63, 3.8) is 0 Å². The summed E-state index contributed by atoms with van der Waals surface area (Å²) in [6.45, 7) is 3.16. The zero-order valence-electron chi connectivity index (χ0n) is 8.02. The predicted octanol–water partition coefficient (Wildman–Crippen LogP) is -1.94. The van der Waals surface area contributed by atoms with Crippen LogP contribution in [0.5, 0.6) is 0 Å². The molecule has 0 fully saturated rings. The van der Waals surface area contributed by atoms with Gasteiger partial charge in [-0.3, -0.25) is 0 Å². The fourth-order valence-corrected chi connectivity index (χ4v) is 1.91. The zero-order valence-corrected chi connectivity index (χ0v) is 12.0. The SMILES string of the molecule is CC1C=CC=CC1(C)S(=O)(=O)[O-].[K+]. The van der Waals surface area contributed by atoms with Gasteiger partial charge in [0.1, 0.15) is 10.1 Å². The van der Waals surface area contributed by atoms with E-state index in [1.807, 2.05) is 0 Å². The van der Waals surface area contributed by atoms with Crippen LogP contribution < -0.4 is 51.4 Å². The van der Waals surface area contributed by atoms with Gasteiger partial charge in [-0.1, -0.05) is 31.2 Å². The van der Waals surface area contributed by atoms with Gasteiger partial charge >= 0.3 is 51.4 Å². The first-order chi connectivity index (χ1) is 5.38. The van der Waals surface area contributed by atoms with Crippen LogP contribution in [0.4, 0.5) is 0 Å². The van der Waals surface area contributed by atoms with E-state index in [1.165, 1.54) is 13.0 Å². The van der Waals surface area contributed by atoms with Crippen LogP contribution in [0.15, 0.2) is 24.3 Å². The normalized spacial score (nSPS) is 32.7. The smallest absolute Gasteiger partial charge is 0.747 e. The summed E-state index contributed by atoms with van der Waals surface area (Å²) in [4.78, 5) is 0. The molecule has 2 unspecified atom stereocenters. The molecule has 0 aromatic heterocycles. The van der Waals surface area contributed by atoms with Crippen LogP contribution in [0.1, 0.15) is 13.8 Å². The molecule has 0 amide bonds. The maximum absolute atomic E-state index is 10.9. The number of hydrogen-bond donors (Lipinski definition) is 0. The van der Waals surface area contributed by atoms with E-state index in [0.29, 0.717) is 0 Å². The summed E-state index contributed by atoms with van der Waals surface area (Å²) >= 11 is 0. The summed E-state index contributed by atoms with van der Waals surface area (Å²) in [5.41, 5.74) is 0. The van der Waals surface area contributed by atoms with Gasteiger partial charge < -0.3 is 4.55 Å². The first kappa shape index (κ1) is 14.0. The number of allylic oxidation sites excluding steroid dienone is 3. The average Bonchev–Trinajstić information content (AvgIpc) is 1.93. The quantitative estimate of drug-likeness (QED) is 0.386. The van der Waals surface area contributed by atoms with Gasteiger partial charge in [0.05, 0.1) is 4.75 Å². The molecule has 1 aliphatic rings. The summed E-state index contributed by atoms with van der Waals surface area (Å²) < 4.78 is 31.4. The van der Waals surface area contributed by atoms with E-state index in [9.17, 15) is 13.0 Å². The van der Waals surface area contributed by atoms with Crippen molar-refractivity contribution in [1.82, 2.24) is 0 Å². The molecule has 3 nitrogen and oxygen atoms in total. The van der Waals surface area contributed by atoms with Crippen LogP contribution in [0.2, 0.25) is 0 Å². The molecule has 0 aromatic rings. The van der Waals surface area contributed by atoms with Gasteiger partial charge in [0.2, 0.25) is 0 Å². The Labute approximate surface area is 121 Å². The Kier molecular flexibility index (Phi) is 5.07. The van der Waals surface area contributed by atoms with Gasteiger partial charge in [0, 0.05) is 0 Å². The third-order valence-corrected chi connectivity index (χ3v) is 3.97. The molecule has 1 aliphatic carbocycles. The minimum Gasteiger partial charge on any atom is -0.747 e. The van der Waals surface area contributed by atoms with Crippen molar-refractivity contribution in [3.05, 3.63) is 24.3 Å². The topological polar surface area (TPSA) is 57.2 Å². The van der Waals surface area contributed by atoms with E-state index in [0.717, 1.165) is 0 Å². The van der Waals surface area contributed by atoms with E-state index in [2.05, 4.69) is 0 Å². The monoisotopic (exact) mass is 226 g/mol. The Morgan fingerprint density at radius 2 is 1.92 bits per heavy atom. The Morgan fingerprint density at radius 3 is 2.23 bits per heavy atom. The van der Waals surface area contributed by atoms with Gasteiger partial charge in [-0.2, -0.15) is 0 Å². The van der Waals surface area contributed by atoms with Gasteiger partial charge in [-0.15, -0.1) is 0 Å². The van der Waals surface area contributed by atoms with E-state index < -0.39 is 14.9 Å². The summed E-state index contributed by atoms with van der Waals surface area (Å²) in [6.07, 6.45) is 6.50. The van der Waals surface area contributed by atoms with Crippen LogP contribution >= 0.6 is 0 Å². The average molecular weight is 226 g/mol. The maximum Gasteiger partial charge on any atom is 1.00 e. The van der Waals surface area contributed by atoms with E-state index in [4.69, 9.17) is 0 Å². The summed E-state index contributed by atoms with van der Waals surface area (Å²) in [5.74, 6) is -0.259. The number of rotatable bonds is 1. The molecule has 5 heteroatoms. The van der Waals surface area contributed by atoms with Crippen LogP contribution in [0, 0.1) is 5.92 Å². The van der Waals surface area contributed by atoms with E-state index >= 15 is 0 Å². The molecule has 0 saturated heterocycles. The standard InChI is InChI=1S/C8H12O3S.K/c1-7-5-3-4-6-8(7,2)12(9,10)11;/h3-7H,1-2H3,(H,9,10,11);/q;+1/p-1. The van der Waals surface area contributed by atoms with Crippen molar-refractivity contribution < 1.29 is 64.4 Å². The van der Waals surface area contributed by atoms with Crippen LogP contribution in [0.25, 0.3) is 0 Å². The summed E-state index contributed by atoms with van der Waals surface area (Å²) in [6, 6.07) is 0. The van der Waals surface area contributed by atoms with Crippen LogP contribution in [0.3, 0.4) is 0 Å². The fourth-order valence-electron chi connectivity index (χ4n) is 1.13. The van der Waals surface area contributed by atoms with Crippen molar-refractivity contribution in [2.24, 2.45) is 5.92 Å². The third kappa shape index (κ3) is 2.74. The molecule has 0 spiro atoms. The van der Waals surface area contributed by atoms with Crippen molar-refractivity contribution in [2.45, 2.75) is 18.6 Å². The van der Waals surface area contributed by atoms with Gasteiger partial charge in [-0.05, 0) is 12.8 Å². The van der Waals surface area contributed by atoms with E-state index in [-0.39, 0.29) is 57.3 Å². The second kappa shape index (κ2) is 4.70. The molecule has 13 heavy (non-hydrogen) atoms. The Bertz CT molecular complexity index is 331. The van der Waals surface area contributed by atoms with Gasteiger partial charge in [-0.25, -0.2) is 8.42 Å². The molecular formula is C8H11KO3S. The van der Waals surface area contributed by atoms with Crippen molar-refractivity contribution >= 4 is 10.1 Å². The fraction of sp³-hybridized carbons (Fsp3) is 0.500. The minimum absolute atomic E-state index is 0. The Morgan fingerprint density at radius 1 is 1.38 bits per heavy atom. The third-order valence-electron chi connectivity index (χ3n) is 2.38. The second-order valence-electron chi connectivity index (χ2n) is 3.17. The second-order valence-corrected chi connectivity index (χ2v) is 4.96. The largest absolute Gasteiger partial charge is 1.00 e. The molecule has 0 bridgehead atoms. The molecule has 68 valence electrons. The minimum atomic E-state index is -4.26. The van der Waals surface area contributed by atoms with Crippen molar-refractivity contribution in [2.75, 3.05) is 0 Å². The van der Waals surface area contributed by atoms with Gasteiger partial charge in [0.25, 0.3) is 0 Å². The first-order valence-corrected chi connectivity index (χ1v) is 5.10. The molecule has 0 saturated carbocycles. The molecule has 0 aromatic carbocycles. The first-order valence-electron chi connectivity index (χ1n) is 3.69. The molecule has 0 radical (unpaired) electrons.